The molecule has 0 unspecified atom stereocenters. The molecule has 0 atom stereocenters. The Bertz CT molecular complexity index is 631. The topological polar surface area (TPSA) is 96.3 Å². The molecule has 1 rings (SSSR count). The number of carbonyl (C=O) groups is 1. The van der Waals surface area contributed by atoms with Crippen molar-refractivity contribution in [3.05, 3.63) is 16.0 Å². The average molecular weight is 367 g/mol. The summed E-state index contributed by atoms with van der Waals surface area (Å²) in [6.45, 7) is 3.45. The molecule has 0 fully saturated rings. The van der Waals surface area contributed by atoms with Gasteiger partial charge in [-0.3, -0.25) is 4.72 Å². The summed E-state index contributed by atoms with van der Waals surface area (Å²) in [5.41, 5.74) is 0.552. The molecule has 1 aromatic heterocycles. The molecule has 0 radical (unpaired) electrons. The largest absolute Gasteiger partial charge is 0.462 e. The minimum absolute atomic E-state index is 0.127. The molecule has 0 aliphatic heterocycles. The van der Waals surface area contributed by atoms with E-state index in [0.29, 0.717) is 5.56 Å². The van der Waals surface area contributed by atoms with E-state index in [2.05, 4.69) is 20.7 Å². The van der Waals surface area contributed by atoms with Gasteiger partial charge >= 0.3 is 5.97 Å². The van der Waals surface area contributed by atoms with Gasteiger partial charge in [-0.25, -0.2) is 13.2 Å². The molecule has 1 heterocycles. The van der Waals surface area contributed by atoms with Crippen LogP contribution in [0.25, 0.3) is 0 Å². The van der Waals surface area contributed by atoms with E-state index in [1.807, 2.05) is 6.07 Å². The summed E-state index contributed by atoms with van der Waals surface area (Å²) in [4.78, 5) is 11.9. The lowest BCUT2D eigenvalue weighted by Crippen LogP contribution is -2.12. The molecule has 6 nitrogen and oxygen atoms in total. The molecule has 9 heteroatoms. The number of rotatable bonds is 5. The summed E-state index contributed by atoms with van der Waals surface area (Å²) >= 11 is 3.73. The maximum absolute atomic E-state index is 11.7. The Balaban J connectivity index is 3.25. The van der Waals surface area contributed by atoms with E-state index < -0.39 is 16.0 Å². The molecule has 1 N–H and O–H groups in total. The highest BCUT2D eigenvalue weighted by atomic mass is 79.9. The summed E-state index contributed by atoms with van der Waals surface area (Å²) in [5, 5.41) is 9.18. The third kappa shape index (κ3) is 3.68. The number of nitriles is 1. The minimum Gasteiger partial charge on any atom is -0.462 e. The summed E-state index contributed by atoms with van der Waals surface area (Å²) < 4.78 is 29.8. The SMILES string of the molecule is CCOC(=O)c1sc(NS(=O)(=O)CBr)c(C#N)c1C. The molecule has 1 aromatic rings. The standard InChI is InChI=1S/C10H11BrN2O4S2/c1-3-17-10(14)8-6(2)7(4-12)9(18-8)13-19(15,16)5-11/h13H,3,5H2,1-2H3. The Kier molecular flexibility index (Phi) is 5.34. The first-order chi connectivity index (χ1) is 8.86. The number of nitrogens with zero attached hydrogens (tertiary/aromatic N) is 1. The zero-order valence-corrected chi connectivity index (χ0v) is 13.4. The number of anilines is 1. The number of hydrogen-bond acceptors (Lipinski definition) is 6. The van der Waals surface area contributed by atoms with Crippen LogP contribution in [0, 0.1) is 18.3 Å². The smallest absolute Gasteiger partial charge is 0.348 e. The second kappa shape index (κ2) is 6.36. The van der Waals surface area contributed by atoms with E-state index in [1.54, 1.807) is 13.8 Å². The van der Waals surface area contributed by atoms with Crippen LogP contribution in [0.2, 0.25) is 0 Å². The first-order valence-corrected chi connectivity index (χ1v) is 8.72. The molecule has 0 aliphatic carbocycles. The lowest BCUT2D eigenvalue weighted by atomic mass is 10.2. The zero-order chi connectivity index (χ0) is 14.6. The molecular weight excluding hydrogens is 356 g/mol. The molecule has 0 spiro atoms. The number of esters is 1. The number of nitrogens with one attached hydrogen (secondary N) is 1. The number of alkyl halides is 1. The quantitative estimate of drug-likeness (QED) is 0.636. The van der Waals surface area contributed by atoms with Gasteiger partial charge in [0, 0.05) is 0 Å². The summed E-state index contributed by atoms with van der Waals surface area (Å²) in [7, 11) is -3.57. The van der Waals surface area contributed by atoms with Gasteiger partial charge in [0.05, 0.1) is 12.2 Å². The van der Waals surface area contributed by atoms with Gasteiger partial charge in [0.15, 0.2) is 0 Å². The normalized spacial score (nSPS) is 10.8. The van der Waals surface area contributed by atoms with E-state index in [1.165, 1.54) is 0 Å². The molecular formula is C10H11BrN2O4S2. The van der Waals surface area contributed by atoms with Gasteiger partial charge in [0.25, 0.3) is 0 Å². The summed E-state index contributed by atoms with van der Waals surface area (Å²) in [6, 6.07) is 1.89. The fourth-order valence-electron chi connectivity index (χ4n) is 1.28. The van der Waals surface area contributed by atoms with Crippen LogP contribution in [0.15, 0.2) is 0 Å². The summed E-state index contributed by atoms with van der Waals surface area (Å²) in [5.74, 6) is -0.564. The monoisotopic (exact) mass is 366 g/mol. The average Bonchev–Trinajstić information content (AvgIpc) is 2.65. The molecule has 0 saturated carbocycles. The van der Waals surface area contributed by atoms with Crippen LogP contribution < -0.4 is 4.72 Å². The molecule has 0 aromatic carbocycles. The van der Waals surface area contributed by atoms with E-state index in [4.69, 9.17) is 10.00 Å². The molecule has 0 bridgehead atoms. The Hall–Kier alpha value is -1.11. The van der Waals surface area contributed by atoms with Gasteiger partial charge in [-0.15, -0.1) is 11.3 Å². The molecule has 0 aliphatic rings. The van der Waals surface area contributed by atoms with E-state index >= 15 is 0 Å². The van der Waals surface area contributed by atoms with Crippen molar-refractivity contribution in [2.75, 3.05) is 16.0 Å². The third-order valence-electron chi connectivity index (χ3n) is 2.11. The Morgan fingerprint density at radius 2 is 2.21 bits per heavy atom. The second-order valence-electron chi connectivity index (χ2n) is 3.42. The number of sulfonamides is 1. The Morgan fingerprint density at radius 1 is 1.58 bits per heavy atom. The highest BCUT2D eigenvalue weighted by molar-refractivity contribution is 9.10. The molecule has 104 valence electrons. The van der Waals surface area contributed by atoms with Crippen LogP contribution in [-0.4, -0.2) is 25.7 Å². The van der Waals surface area contributed by atoms with E-state index in [0.717, 1.165) is 11.3 Å². The highest BCUT2D eigenvalue weighted by Crippen LogP contribution is 2.33. The number of ether oxygens (including phenoxy) is 1. The van der Waals surface area contributed by atoms with Crippen molar-refractivity contribution in [3.8, 4) is 6.07 Å². The van der Waals surface area contributed by atoms with Crippen LogP contribution in [0.4, 0.5) is 5.00 Å². The first-order valence-electron chi connectivity index (χ1n) is 5.13. The number of halogens is 1. The lowest BCUT2D eigenvalue weighted by molar-refractivity contribution is 0.0531. The predicted molar refractivity (Wildman–Crippen MR) is 76.1 cm³/mol. The van der Waals surface area contributed by atoms with Gasteiger partial charge in [0.2, 0.25) is 10.0 Å². The molecule has 0 saturated heterocycles. The second-order valence-corrected chi connectivity index (χ2v) is 7.46. The molecule has 19 heavy (non-hydrogen) atoms. The maximum Gasteiger partial charge on any atom is 0.348 e. The van der Waals surface area contributed by atoms with Crippen molar-refractivity contribution in [3.63, 3.8) is 0 Å². The minimum atomic E-state index is -3.57. The summed E-state index contributed by atoms with van der Waals surface area (Å²) in [6.07, 6.45) is 0. The van der Waals surface area contributed by atoms with Crippen LogP contribution >= 0.6 is 27.3 Å². The van der Waals surface area contributed by atoms with Crippen molar-refractivity contribution < 1.29 is 17.9 Å². The van der Waals surface area contributed by atoms with Gasteiger partial charge in [-0.05, 0) is 19.4 Å². The van der Waals surface area contributed by atoms with Crippen molar-refractivity contribution in [1.29, 1.82) is 5.26 Å². The first kappa shape index (κ1) is 15.9. The Morgan fingerprint density at radius 3 is 2.68 bits per heavy atom. The van der Waals surface area contributed by atoms with Gasteiger partial charge in [-0.1, -0.05) is 15.9 Å². The van der Waals surface area contributed by atoms with Crippen molar-refractivity contribution in [1.82, 2.24) is 0 Å². The fraction of sp³-hybridized carbons (Fsp3) is 0.400. The lowest BCUT2D eigenvalue weighted by Gasteiger charge is -2.02. The van der Waals surface area contributed by atoms with Crippen LogP contribution in [0.1, 0.15) is 27.7 Å². The van der Waals surface area contributed by atoms with Gasteiger partial charge in [-0.2, -0.15) is 5.26 Å². The Labute approximate surface area is 123 Å². The van der Waals surface area contributed by atoms with Crippen molar-refractivity contribution in [2.24, 2.45) is 0 Å². The van der Waals surface area contributed by atoms with Gasteiger partial charge in [0.1, 0.15) is 20.6 Å². The van der Waals surface area contributed by atoms with Crippen LogP contribution in [0.3, 0.4) is 0 Å². The zero-order valence-electron chi connectivity index (χ0n) is 10.2. The number of hydrogen-bond donors (Lipinski definition) is 1. The van der Waals surface area contributed by atoms with Crippen LogP contribution in [0.5, 0.6) is 0 Å². The third-order valence-corrected chi connectivity index (χ3v) is 6.04. The fourth-order valence-corrected chi connectivity index (χ4v) is 3.51. The van der Waals surface area contributed by atoms with E-state index in [-0.39, 0.29) is 26.7 Å². The van der Waals surface area contributed by atoms with Gasteiger partial charge < -0.3 is 4.74 Å². The number of carbonyl (C=O) groups excluding carboxylic acids is 1. The van der Waals surface area contributed by atoms with Crippen LogP contribution in [-0.2, 0) is 14.8 Å². The highest BCUT2D eigenvalue weighted by Gasteiger charge is 2.23. The number of thiophene rings is 1. The van der Waals surface area contributed by atoms with Crippen molar-refractivity contribution >= 4 is 48.3 Å². The van der Waals surface area contributed by atoms with Crippen molar-refractivity contribution in [2.45, 2.75) is 13.8 Å². The van der Waals surface area contributed by atoms with E-state index in [9.17, 15) is 13.2 Å². The molecule has 0 amide bonds. The predicted octanol–water partition coefficient (Wildman–Crippen LogP) is 2.20. The maximum atomic E-state index is 11.7.